The summed E-state index contributed by atoms with van der Waals surface area (Å²) in [5, 5.41) is 39.1. The highest BCUT2D eigenvalue weighted by molar-refractivity contribution is 6.00. The third kappa shape index (κ3) is 5.06. The Morgan fingerprint density at radius 1 is 0.800 bits per heavy atom. The first-order valence-corrected chi connectivity index (χ1v) is 10.2. The Balaban J connectivity index is 1.79. The molecule has 4 rings (SSSR count). The van der Waals surface area contributed by atoms with Gasteiger partial charge in [0, 0.05) is 41.3 Å². The number of nitro groups is 3. The number of para-hydroxylation sites is 1. The molecule has 3 aromatic carbocycles. The van der Waals surface area contributed by atoms with Crippen molar-refractivity contribution in [3.8, 4) is 0 Å². The van der Waals surface area contributed by atoms with Gasteiger partial charge in [-0.15, -0.1) is 0 Å². The molecule has 0 atom stereocenters. The van der Waals surface area contributed by atoms with Crippen LogP contribution in [-0.4, -0.2) is 20.5 Å². The summed E-state index contributed by atoms with van der Waals surface area (Å²) in [5.41, 5.74) is 3.11. The normalized spacial score (nSPS) is 11.3. The molecule has 12 heteroatoms. The maximum Gasteiger partial charge on any atom is 0.301 e. The molecule has 1 aromatic heterocycles. The number of nitrogens with zero attached hydrogens (tertiary/aromatic N) is 5. The van der Waals surface area contributed by atoms with Crippen molar-refractivity contribution in [2.45, 2.75) is 6.54 Å². The number of hydrogen-bond donors (Lipinski definition) is 1. The number of rotatable bonds is 8. The predicted octanol–water partition coefficient (Wildman–Crippen LogP) is 4.37. The fourth-order valence-electron chi connectivity index (χ4n) is 3.52. The van der Waals surface area contributed by atoms with Gasteiger partial charge in [0.05, 0.1) is 20.8 Å². The number of nitrogens with one attached hydrogen (secondary N) is 1. The third-order valence-electron chi connectivity index (χ3n) is 5.20. The van der Waals surface area contributed by atoms with Gasteiger partial charge in [0.1, 0.15) is 11.4 Å². The van der Waals surface area contributed by atoms with E-state index in [-0.39, 0.29) is 17.9 Å². The summed E-state index contributed by atoms with van der Waals surface area (Å²) in [6, 6.07) is 20.4. The van der Waals surface area contributed by atoms with Crippen LogP contribution in [0, 0.1) is 30.3 Å². The van der Waals surface area contributed by atoms with Crippen molar-refractivity contribution in [3.05, 3.63) is 121 Å². The molecule has 12 nitrogen and oxygen atoms in total. The van der Waals surface area contributed by atoms with Crippen LogP contribution in [0.3, 0.4) is 0 Å². The topological polar surface area (TPSA) is 158 Å². The number of benzene rings is 3. The zero-order valence-corrected chi connectivity index (χ0v) is 18.0. The smallest absolute Gasteiger partial charge is 0.271 e. The molecule has 0 aliphatic heterocycles. The fraction of sp³-hybridized carbons (Fsp3) is 0.0435. The van der Waals surface area contributed by atoms with E-state index in [2.05, 4.69) is 10.5 Å². The average molecular weight is 473 g/mol. The summed E-state index contributed by atoms with van der Waals surface area (Å²) < 4.78 is 1.89. The minimum absolute atomic E-state index is 0.0635. The standard InChI is InChI=1S/C23H17N6O6/c30-27(31)18-8-3-6-17(13-18)21(15-26-12-4-7-16-5-1-2-9-22(16)26)25-24-20-11-10-19(28(32)33)14-23(20)29(34)35/h1-14,24H,15H2/q+1/b25-21-. The Labute approximate surface area is 197 Å². The molecule has 35 heavy (non-hydrogen) atoms. The summed E-state index contributed by atoms with van der Waals surface area (Å²) in [6.45, 7) is 0.177. The Morgan fingerprint density at radius 3 is 2.26 bits per heavy atom. The molecule has 0 saturated heterocycles. The molecule has 0 aliphatic rings. The van der Waals surface area contributed by atoms with Crippen LogP contribution in [0.4, 0.5) is 22.7 Å². The number of nitro benzene ring substituents is 3. The highest BCUT2D eigenvalue weighted by atomic mass is 16.6. The maximum absolute atomic E-state index is 11.5. The van der Waals surface area contributed by atoms with E-state index in [0.717, 1.165) is 23.0 Å². The Morgan fingerprint density at radius 2 is 1.51 bits per heavy atom. The van der Waals surface area contributed by atoms with E-state index in [0.29, 0.717) is 11.3 Å². The number of pyridine rings is 1. The van der Waals surface area contributed by atoms with Crippen molar-refractivity contribution in [3.63, 3.8) is 0 Å². The second-order valence-corrected chi connectivity index (χ2v) is 7.39. The van der Waals surface area contributed by atoms with E-state index in [1.54, 1.807) is 6.07 Å². The Kier molecular flexibility index (Phi) is 6.35. The lowest BCUT2D eigenvalue weighted by Crippen LogP contribution is -2.38. The van der Waals surface area contributed by atoms with E-state index in [1.165, 1.54) is 24.3 Å². The highest BCUT2D eigenvalue weighted by Crippen LogP contribution is 2.29. The molecule has 1 heterocycles. The van der Waals surface area contributed by atoms with Gasteiger partial charge < -0.3 is 0 Å². The van der Waals surface area contributed by atoms with Crippen LogP contribution < -0.4 is 9.99 Å². The molecular weight excluding hydrogens is 456 g/mol. The number of anilines is 1. The first-order chi connectivity index (χ1) is 16.8. The first kappa shape index (κ1) is 22.9. The number of hydrogen-bond acceptors (Lipinski definition) is 8. The van der Waals surface area contributed by atoms with Gasteiger partial charge in [0.25, 0.3) is 11.4 Å². The lowest BCUT2D eigenvalue weighted by Gasteiger charge is -2.08. The molecule has 0 bridgehead atoms. The molecule has 4 aromatic rings. The molecular formula is C23H17N6O6+. The largest absolute Gasteiger partial charge is 0.301 e. The van der Waals surface area contributed by atoms with Crippen molar-refractivity contribution in [1.29, 1.82) is 0 Å². The summed E-state index contributed by atoms with van der Waals surface area (Å²) in [6.07, 6.45) is 1.82. The second kappa shape index (κ2) is 9.70. The van der Waals surface area contributed by atoms with Gasteiger partial charge in [-0.25, -0.2) is 0 Å². The fourth-order valence-corrected chi connectivity index (χ4v) is 3.52. The van der Waals surface area contributed by atoms with Gasteiger partial charge in [-0.3, -0.25) is 35.8 Å². The van der Waals surface area contributed by atoms with Gasteiger partial charge in [0.2, 0.25) is 5.52 Å². The van der Waals surface area contributed by atoms with Crippen LogP contribution in [-0.2, 0) is 6.54 Å². The van der Waals surface area contributed by atoms with Crippen LogP contribution in [0.2, 0.25) is 0 Å². The van der Waals surface area contributed by atoms with Crippen molar-refractivity contribution in [2.24, 2.45) is 5.10 Å². The number of hydrazone groups is 1. The molecule has 1 N–H and O–H groups in total. The SMILES string of the molecule is O=[N+]([O-])c1cccc(/C(C[n+]2cccc3ccccc32)=N\Nc2ccc([N+](=O)[O-])cc2[N+](=O)[O-])c1. The van der Waals surface area contributed by atoms with E-state index in [9.17, 15) is 30.3 Å². The van der Waals surface area contributed by atoms with Crippen LogP contribution in [0.5, 0.6) is 0 Å². The molecule has 0 saturated carbocycles. The van der Waals surface area contributed by atoms with Gasteiger partial charge in [0.15, 0.2) is 12.7 Å². The lowest BCUT2D eigenvalue weighted by atomic mass is 10.1. The summed E-state index contributed by atoms with van der Waals surface area (Å²) in [4.78, 5) is 31.8. The van der Waals surface area contributed by atoms with E-state index >= 15 is 0 Å². The minimum Gasteiger partial charge on any atom is -0.271 e. The van der Waals surface area contributed by atoms with Gasteiger partial charge >= 0.3 is 5.69 Å². The van der Waals surface area contributed by atoms with Gasteiger partial charge in [-0.05, 0) is 18.2 Å². The molecule has 0 unspecified atom stereocenters. The zero-order valence-electron chi connectivity index (χ0n) is 18.0. The van der Waals surface area contributed by atoms with Crippen molar-refractivity contribution in [2.75, 3.05) is 5.43 Å². The third-order valence-corrected chi connectivity index (χ3v) is 5.20. The van der Waals surface area contributed by atoms with Gasteiger partial charge in [-0.1, -0.05) is 24.3 Å². The zero-order chi connectivity index (χ0) is 24.9. The van der Waals surface area contributed by atoms with E-state index < -0.39 is 26.1 Å². The summed E-state index contributed by atoms with van der Waals surface area (Å²) >= 11 is 0. The number of aromatic nitrogens is 1. The minimum atomic E-state index is -0.753. The monoisotopic (exact) mass is 473 g/mol. The van der Waals surface area contributed by atoms with Crippen LogP contribution in [0.25, 0.3) is 10.9 Å². The van der Waals surface area contributed by atoms with Crippen molar-refractivity contribution >= 4 is 39.4 Å². The molecule has 0 spiro atoms. The summed E-state index contributed by atoms with van der Waals surface area (Å²) in [5.74, 6) is 0. The number of fused-ring (bicyclic) bond motifs is 1. The predicted molar refractivity (Wildman–Crippen MR) is 127 cm³/mol. The second-order valence-electron chi connectivity index (χ2n) is 7.39. The quantitative estimate of drug-likeness (QED) is 0.172. The molecule has 0 radical (unpaired) electrons. The van der Waals surface area contributed by atoms with Gasteiger partial charge in [-0.2, -0.15) is 9.67 Å². The van der Waals surface area contributed by atoms with Crippen molar-refractivity contribution < 1.29 is 19.3 Å². The Hall–Kier alpha value is -5.26. The molecule has 0 amide bonds. The molecule has 0 aliphatic carbocycles. The first-order valence-electron chi connectivity index (χ1n) is 10.2. The van der Waals surface area contributed by atoms with E-state index in [1.807, 2.05) is 47.2 Å². The lowest BCUT2D eigenvalue weighted by molar-refractivity contribution is -0.655. The van der Waals surface area contributed by atoms with E-state index in [4.69, 9.17) is 0 Å². The number of non-ortho nitro benzene ring substituents is 2. The maximum atomic E-state index is 11.5. The van der Waals surface area contributed by atoms with Crippen molar-refractivity contribution in [1.82, 2.24) is 0 Å². The molecule has 0 fully saturated rings. The van der Waals surface area contributed by atoms with Crippen LogP contribution in [0.1, 0.15) is 5.56 Å². The molecule has 174 valence electrons. The average Bonchev–Trinajstić information content (AvgIpc) is 2.86. The Bertz CT molecular complexity index is 1500. The highest BCUT2D eigenvalue weighted by Gasteiger charge is 2.21. The van der Waals surface area contributed by atoms with Crippen LogP contribution in [0.15, 0.2) is 90.2 Å². The summed E-state index contributed by atoms with van der Waals surface area (Å²) in [7, 11) is 0. The van der Waals surface area contributed by atoms with Crippen LogP contribution >= 0.6 is 0 Å².